The Bertz CT molecular complexity index is 276. The van der Waals surface area contributed by atoms with Crippen LogP contribution < -0.4 is 5.73 Å². The van der Waals surface area contributed by atoms with E-state index in [0.29, 0.717) is 13.1 Å². The molecule has 5 nitrogen and oxygen atoms in total. The first kappa shape index (κ1) is 16.4. The molecule has 1 aliphatic rings. The molecule has 0 radical (unpaired) electrons. The molecule has 0 aromatic carbocycles. The number of nitrogens with zero attached hydrogens (tertiary/aromatic N) is 1. The van der Waals surface area contributed by atoms with Crippen molar-refractivity contribution in [2.24, 2.45) is 11.1 Å². The summed E-state index contributed by atoms with van der Waals surface area (Å²) in [5, 5.41) is 9.73. The van der Waals surface area contributed by atoms with Crippen LogP contribution in [0.4, 0.5) is 0 Å². The Morgan fingerprint density at radius 2 is 1.95 bits per heavy atom. The molecule has 1 rings (SSSR count). The van der Waals surface area contributed by atoms with E-state index < -0.39 is 11.5 Å². The molecule has 1 unspecified atom stereocenters. The third kappa shape index (κ3) is 4.44. The molecule has 0 aliphatic heterocycles. The zero-order chi connectivity index (χ0) is 14.3. The predicted octanol–water partition coefficient (Wildman–Crippen LogP) is 0.751. The highest BCUT2D eigenvalue weighted by Crippen LogP contribution is 2.35. The molecule has 1 atom stereocenters. The number of aliphatic hydroxyl groups is 1. The van der Waals surface area contributed by atoms with Gasteiger partial charge in [-0.3, -0.25) is 4.79 Å². The number of likely N-dealkylation sites (N-methyl/N-ethyl adjacent to an activating group) is 1. The molecule has 0 aromatic heterocycles. The van der Waals surface area contributed by atoms with Crippen LogP contribution in [0.15, 0.2) is 0 Å². The molecule has 1 saturated carbocycles. The number of methoxy groups -OCH3 is 1. The molecule has 0 bridgehead atoms. The van der Waals surface area contributed by atoms with E-state index in [1.165, 1.54) is 20.0 Å². The fraction of sp³-hybridized carbons (Fsp3) is 0.929. The number of nitrogens with two attached hydrogens (primary N) is 1. The Balaban J connectivity index is 2.65. The first-order valence-electron chi connectivity index (χ1n) is 7.18. The molecule has 19 heavy (non-hydrogen) atoms. The van der Waals surface area contributed by atoms with Gasteiger partial charge >= 0.3 is 0 Å². The number of carbonyl (C=O) groups is 1. The maximum atomic E-state index is 12.6. The van der Waals surface area contributed by atoms with Crippen LogP contribution in [0.3, 0.4) is 0 Å². The van der Waals surface area contributed by atoms with Crippen molar-refractivity contribution >= 4 is 5.91 Å². The van der Waals surface area contributed by atoms with Crippen LogP contribution in [0.25, 0.3) is 0 Å². The van der Waals surface area contributed by atoms with E-state index in [-0.39, 0.29) is 12.5 Å². The molecule has 112 valence electrons. The summed E-state index contributed by atoms with van der Waals surface area (Å²) in [5.74, 6) is 0.0760. The van der Waals surface area contributed by atoms with E-state index in [1.54, 1.807) is 11.9 Å². The highest BCUT2D eigenvalue weighted by Gasteiger charge is 2.39. The molecule has 5 heteroatoms. The molecule has 0 spiro atoms. The highest BCUT2D eigenvalue weighted by molar-refractivity contribution is 5.82. The third-order valence-electron chi connectivity index (χ3n) is 4.10. The van der Waals surface area contributed by atoms with Gasteiger partial charge in [-0.15, -0.1) is 0 Å². The fourth-order valence-electron chi connectivity index (χ4n) is 2.96. The van der Waals surface area contributed by atoms with Gasteiger partial charge in [-0.05, 0) is 12.8 Å². The summed E-state index contributed by atoms with van der Waals surface area (Å²) in [5.41, 5.74) is 5.48. The lowest BCUT2D eigenvalue weighted by atomic mass is 9.79. The minimum Gasteiger partial charge on any atom is -0.389 e. The van der Waals surface area contributed by atoms with Crippen molar-refractivity contribution in [1.82, 2.24) is 4.90 Å². The molecular weight excluding hydrogens is 244 g/mol. The molecule has 1 aliphatic carbocycles. The van der Waals surface area contributed by atoms with Gasteiger partial charge in [-0.1, -0.05) is 25.7 Å². The van der Waals surface area contributed by atoms with Gasteiger partial charge in [-0.25, -0.2) is 0 Å². The number of hydrogen-bond acceptors (Lipinski definition) is 4. The Kier molecular flexibility index (Phi) is 6.75. The Morgan fingerprint density at radius 3 is 2.42 bits per heavy atom. The number of carbonyl (C=O) groups excluding carboxylic acids is 1. The van der Waals surface area contributed by atoms with E-state index in [9.17, 15) is 9.90 Å². The SMILES string of the molecule is COCC(O)CN(C)C(=O)C1(CN)CCCCCC1. The molecule has 1 amide bonds. The van der Waals surface area contributed by atoms with Crippen molar-refractivity contribution in [3.63, 3.8) is 0 Å². The minimum atomic E-state index is -0.639. The normalized spacial score (nSPS) is 20.6. The van der Waals surface area contributed by atoms with Gasteiger partial charge in [0.15, 0.2) is 0 Å². The van der Waals surface area contributed by atoms with Crippen molar-refractivity contribution in [1.29, 1.82) is 0 Å². The number of ether oxygens (including phenoxy) is 1. The smallest absolute Gasteiger partial charge is 0.229 e. The van der Waals surface area contributed by atoms with Gasteiger partial charge < -0.3 is 20.5 Å². The fourth-order valence-corrected chi connectivity index (χ4v) is 2.96. The van der Waals surface area contributed by atoms with Gasteiger partial charge in [0.25, 0.3) is 0 Å². The van der Waals surface area contributed by atoms with E-state index in [0.717, 1.165) is 25.7 Å². The lowest BCUT2D eigenvalue weighted by molar-refractivity contribution is -0.142. The summed E-state index contributed by atoms with van der Waals surface area (Å²) < 4.78 is 4.89. The van der Waals surface area contributed by atoms with Crippen molar-refractivity contribution in [2.75, 3.05) is 33.9 Å². The lowest BCUT2D eigenvalue weighted by Gasteiger charge is -2.34. The van der Waals surface area contributed by atoms with Gasteiger partial charge in [-0.2, -0.15) is 0 Å². The second-order valence-corrected chi connectivity index (χ2v) is 5.69. The Hall–Kier alpha value is -0.650. The van der Waals surface area contributed by atoms with Crippen molar-refractivity contribution < 1.29 is 14.6 Å². The van der Waals surface area contributed by atoms with E-state index >= 15 is 0 Å². The summed E-state index contributed by atoms with van der Waals surface area (Å²) in [6.45, 7) is 0.943. The molecule has 1 fully saturated rings. The van der Waals surface area contributed by atoms with Gasteiger partial charge in [0, 0.05) is 27.2 Å². The van der Waals surface area contributed by atoms with Crippen LogP contribution in [0.1, 0.15) is 38.5 Å². The van der Waals surface area contributed by atoms with Crippen LogP contribution in [-0.2, 0) is 9.53 Å². The van der Waals surface area contributed by atoms with Gasteiger partial charge in [0.05, 0.1) is 18.1 Å². The number of rotatable bonds is 6. The minimum absolute atomic E-state index is 0.0760. The van der Waals surface area contributed by atoms with Gasteiger partial charge in [0.1, 0.15) is 0 Å². The topological polar surface area (TPSA) is 75.8 Å². The first-order valence-corrected chi connectivity index (χ1v) is 7.18. The van der Waals surface area contributed by atoms with E-state index in [4.69, 9.17) is 10.5 Å². The second kappa shape index (κ2) is 7.82. The Labute approximate surface area is 116 Å². The highest BCUT2D eigenvalue weighted by atomic mass is 16.5. The number of amides is 1. The standard InChI is InChI=1S/C14H28N2O3/c1-16(9-12(17)10-19-2)13(18)14(11-15)7-5-3-4-6-8-14/h12,17H,3-11,15H2,1-2H3. The first-order chi connectivity index (χ1) is 9.05. The van der Waals surface area contributed by atoms with E-state index in [2.05, 4.69) is 0 Å². The van der Waals surface area contributed by atoms with Crippen molar-refractivity contribution in [3.05, 3.63) is 0 Å². The third-order valence-corrected chi connectivity index (χ3v) is 4.10. The quantitative estimate of drug-likeness (QED) is 0.700. The maximum absolute atomic E-state index is 12.6. The zero-order valence-corrected chi connectivity index (χ0v) is 12.2. The number of hydrogen-bond donors (Lipinski definition) is 2. The zero-order valence-electron chi connectivity index (χ0n) is 12.2. The summed E-state index contributed by atoms with van der Waals surface area (Å²) in [4.78, 5) is 14.3. The van der Waals surface area contributed by atoms with Crippen LogP contribution >= 0.6 is 0 Å². The molecule has 0 aromatic rings. The van der Waals surface area contributed by atoms with Crippen molar-refractivity contribution in [2.45, 2.75) is 44.6 Å². The average Bonchev–Trinajstić information content (AvgIpc) is 2.64. The molecule has 0 saturated heterocycles. The predicted molar refractivity (Wildman–Crippen MR) is 74.7 cm³/mol. The maximum Gasteiger partial charge on any atom is 0.229 e. The number of aliphatic hydroxyl groups excluding tert-OH is 1. The van der Waals surface area contributed by atoms with Gasteiger partial charge in [0.2, 0.25) is 5.91 Å². The lowest BCUT2D eigenvalue weighted by Crippen LogP contribution is -2.48. The van der Waals surface area contributed by atoms with Crippen LogP contribution in [0.2, 0.25) is 0 Å². The Morgan fingerprint density at radius 1 is 1.37 bits per heavy atom. The van der Waals surface area contributed by atoms with Crippen molar-refractivity contribution in [3.8, 4) is 0 Å². The molecule has 3 N–H and O–H groups in total. The summed E-state index contributed by atoms with van der Waals surface area (Å²) >= 11 is 0. The van der Waals surface area contributed by atoms with E-state index in [1.807, 2.05) is 0 Å². The largest absolute Gasteiger partial charge is 0.389 e. The second-order valence-electron chi connectivity index (χ2n) is 5.69. The van der Waals surface area contributed by atoms with Crippen LogP contribution in [0, 0.1) is 5.41 Å². The molecule has 0 heterocycles. The summed E-state index contributed by atoms with van der Waals surface area (Å²) in [7, 11) is 3.28. The average molecular weight is 272 g/mol. The van der Waals surface area contributed by atoms with Crippen LogP contribution in [0.5, 0.6) is 0 Å². The molecular formula is C14H28N2O3. The monoisotopic (exact) mass is 272 g/mol. The summed E-state index contributed by atoms with van der Waals surface area (Å²) in [6.07, 6.45) is 5.60. The summed E-state index contributed by atoms with van der Waals surface area (Å²) in [6, 6.07) is 0. The van der Waals surface area contributed by atoms with Crippen LogP contribution in [-0.4, -0.2) is 55.9 Å².